The fourth-order valence-electron chi connectivity index (χ4n) is 3.57. The number of benzene rings is 2. The van der Waals surface area contributed by atoms with Crippen LogP contribution in [0.3, 0.4) is 0 Å². The van der Waals surface area contributed by atoms with Gasteiger partial charge in [-0.3, -0.25) is 4.79 Å². The quantitative estimate of drug-likeness (QED) is 0.719. The Bertz CT molecular complexity index is 1040. The smallest absolute Gasteiger partial charge is 0.254 e. The zero-order valence-electron chi connectivity index (χ0n) is 14.7. The van der Waals surface area contributed by atoms with E-state index in [-0.39, 0.29) is 5.91 Å². The van der Waals surface area contributed by atoms with Crippen molar-refractivity contribution in [1.29, 1.82) is 0 Å². The summed E-state index contributed by atoms with van der Waals surface area (Å²) in [5.41, 5.74) is 3.75. The van der Waals surface area contributed by atoms with Crippen molar-refractivity contribution in [2.75, 3.05) is 6.54 Å². The molecule has 2 aliphatic rings. The number of carbonyl (C=O) groups excluding carboxylic acids is 1. The average Bonchev–Trinajstić information content (AvgIpc) is 3.25. The highest BCUT2D eigenvalue weighted by Crippen LogP contribution is 2.34. The van der Waals surface area contributed by atoms with Crippen molar-refractivity contribution >= 4 is 5.91 Å². The van der Waals surface area contributed by atoms with E-state index < -0.39 is 0 Å². The number of hydrogen-bond donors (Lipinski definition) is 0. The molecular weight excluding hydrogens is 340 g/mol. The van der Waals surface area contributed by atoms with Crippen LogP contribution in [0.5, 0.6) is 5.75 Å². The van der Waals surface area contributed by atoms with Gasteiger partial charge in [0.25, 0.3) is 5.91 Å². The van der Waals surface area contributed by atoms with Crippen LogP contribution in [-0.2, 0) is 24.3 Å². The molecule has 3 heterocycles. The van der Waals surface area contributed by atoms with Crippen LogP contribution < -0.4 is 4.74 Å². The second kappa shape index (κ2) is 6.39. The van der Waals surface area contributed by atoms with E-state index in [0.717, 1.165) is 33.9 Å². The maximum absolute atomic E-state index is 12.8. The SMILES string of the molecule is O=C1C2=C(CN1Cc1cn(Cc3ccccc3)nn1)Oc1ccccc1C2. The van der Waals surface area contributed by atoms with Gasteiger partial charge in [0, 0.05) is 6.42 Å². The molecule has 0 bridgehead atoms. The van der Waals surface area contributed by atoms with Gasteiger partial charge in [-0.25, -0.2) is 4.68 Å². The summed E-state index contributed by atoms with van der Waals surface area (Å²) < 4.78 is 7.75. The summed E-state index contributed by atoms with van der Waals surface area (Å²) in [6.07, 6.45) is 2.52. The summed E-state index contributed by atoms with van der Waals surface area (Å²) in [6, 6.07) is 18.0. The summed E-state index contributed by atoms with van der Waals surface area (Å²) in [6.45, 7) is 1.57. The zero-order chi connectivity index (χ0) is 18.2. The molecule has 1 aromatic heterocycles. The van der Waals surface area contributed by atoms with Crippen molar-refractivity contribution in [3.05, 3.63) is 88.9 Å². The number of nitrogens with zero attached hydrogens (tertiary/aromatic N) is 4. The lowest BCUT2D eigenvalue weighted by Gasteiger charge is -2.17. The molecule has 0 saturated carbocycles. The predicted molar refractivity (Wildman–Crippen MR) is 98.8 cm³/mol. The number of para-hydroxylation sites is 1. The molecule has 134 valence electrons. The van der Waals surface area contributed by atoms with E-state index in [9.17, 15) is 4.79 Å². The lowest BCUT2D eigenvalue weighted by Crippen LogP contribution is -2.27. The fourth-order valence-corrected chi connectivity index (χ4v) is 3.57. The molecule has 27 heavy (non-hydrogen) atoms. The normalized spacial score (nSPS) is 15.6. The molecular formula is C21H18N4O2. The van der Waals surface area contributed by atoms with Gasteiger partial charge in [0.15, 0.2) is 0 Å². The van der Waals surface area contributed by atoms with E-state index in [1.165, 1.54) is 0 Å². The Kier molecular flexibility index (Phi) is 3.74. The van der Waals surface area contributed by atoms with Gasteiger partial charge in [0.2, 0.25) is 0 Å². The molecule has 0 aliphatic carbocycles. The molecule has 6 heteroatoms. The van der Waals surface area contributed by atoms with E-state index in [4.69, 9.17) is 4.74 Å². The van der Waals surface area contributed by atoms with E-state index >= 15 is 0 Å². The second-order valence-corrected chi connectivity index (χ2v) is 6.84. The Morgan fingerprint density at radius 1 is 1.00 bits per heavy atom. The van der Waals surface area contributed by atoms with Gasteiger partial charge in [-0.1, -0.05) is 53.7 Å². The molecule has 6 nitrogen and oxygen atoms in total. The first-order valence-corrected chi connectivity index (χ1v) is 8.96. The van der Waals surface area contributed by atoms with Gasteiger partial charge >= 0.3 is 0 Å². The van der Waals surface area contributed by atoms with Crippen molar-refractivity contribution in [1.82, 2.24) is 19.9 Å². The van der Waals surface area contributed by atoms with Gasteiger partial charge in [-0.05, 0) is 17.2 Å². The fraction of sp³-hybridized carbons (Fsp3) is 0.190. The third kappa shape index (κ3) is 2.99. The van der Waals surface area contributed by atoms with Crippen molar-refractivity contribution in [2.24, 2.45) is 0 Å². The average molecular weight is 358 g/mol. The van der Waals surface area contributed by atoms with Crippen LogP contribution in [0.2, 0.25) is 0 Å². The van der Waals surface area contributed by atoms with Crippen LogP contribution in [0.1, 0.15) is 16.8 Å². The Morgan fingerprint density at radius 3 is 2.70 bits per heavy atom. The predicted octanol–water partition coefficient (Wildman–Crippen LogP) is 2.56. The van der Waals surface area contributed by atoms with Crippen LogP contribution in [0.25, 0.3) is 0 Å². The highest BCUT2D eigenvalue weighted by molar-refractivity contribution is 5.97. The van der Waals surface area contributed by atoms with E-state index in [1.54, 1.807) is 9.58 Å². The summed E-state index contributed by atoms with van der Waals surface area (Å²) in [5.74, 6) is 1.63. The Labute approximate surface area is 156 Å². The van der Waals surface area contributed by atoms with Crippen LogP contribution >= 0.6 is 0 Å². The van der Waals surface area contributed by atoms with Gasteiger partial charge in [-0.15, -0.1) is 5.10 Å². The first-order chi connectivity index (χ1) is 13.3. The molecule has 0 fully saturated rings. The minimum Gasteiger partial charge on any atom is -0.459 e. The van der Waals surface area contributed by atoms with Crippen molar-refractivity contribution in [2.45, 2.75) is 19.5 Å². The van der Waals surface area contributed by atoms with Gasteiger partial charge < -0.3 is 9.64 Å². The van der Waals surface area contributed by atoms with Crippen molar-refractivity contribution < 1.29 is 9.53 Å². The molecule has 0 spiro atoms. The highest BCUT2D eigenvalue weighted by Gasteiger charge is 2.35. The molecule has 1 amide bonds. The third-order valence-corrected chi connectivity index (χ3v) is 4.92. The van der Waals surface area contributed by atoms with E-state index in [1.807, 2.05) is 48.7 Å². The lowest BCUT2D eigenvalue weighted by atomic mass is 10.0. The zero-order valence-corrected chi connectivity index (χ0v) is 14.7. The van der Waals surface area contributed by atoms with Gasteiger partial charge in [-0.2, -0.15) is 0 Å². The first-order valence-electron chi connectivity index (χ1n) is 8.96. The van der Waals surface area contributed by atoms with Crippen LogP contribution in [0.15, 0.2) is 72.1 Å². The molecule has 2 aromatic carbocycles. The first kappa shape index (κ1) is 15.8. The third-order valence-electron chi connectivity index (χ3n) is 4.92. The van der Waals surface area contributed by atoms with Gasteiger partial charge in [0.1, 0.15) is 17.2 Å². The number of rotatable bonds is 4. The number of fused-ring (bicyclic) bond motifs is 1. The number of aromatic nitrogens is 3. The molecule has 3 aromatic rings. The molecule has 5 rings (SSSR count). The van der Waals surface area contributed by atoms with E-state index in [2.05, 4.69) is 22.4 Å². The molecule has 0 saturated heterocycles. The summed E-state index contributed by atoms with van der Waals surface area (Å²) in [4.78, 5) is 14.6. The Hall–Kier alpha value is -3.41. The lowest BCUT2D eigenvalue weighted by molar-refractivity contribution is -0.126. The summed E-state index contributed by atoms with van der Waals surface area (Å²) >= 11 is 0. The largest absolute Gasteiger partial charge is 0.459 e. The van der Waals surface area contributed by atoms with Crippen LogP contribution in [0, 0.1) is 0 Å². The van der Waals surface area contributed by atoms with E-state index in [0.29, 0.717) is 26.1 Å². The summed E-state index contributed by atoms with van der Waals surface area (Å²) in [5, 5.41) is 8.41. The van der Waals surface area contributed by atoms with Crippen molar-refractivity contribution in [3.63, 3.8) is 0 Å². The number of ether oxygens (including phenoxy) is 1. The highest BCUT2D eigenvalue weighted by atomic mass is 16.5. The minimum absolute atomic E-state index is 0.0251. The van der Waals surface area contributed by atoms with Gasteiger partial charge in [0.05, 0.1) is 31.4 Å². The molecule has 0 atom stereocenters. The molecule has 0 radical (unpaired) electrons. The maximum Gasteiger partial charge on any atom is 0.254 e. The second-order valence-electron chi connectivity index (χ2n) is 6.84. The maximum atomic E-state index is 12.8. The number of amides is 1. The molecule has 0 N–H and O–H groups in total. The Balaban J connectivity index is 1.28. The monoisotopic (exact) mass is 358 g/mol. The molecule has 0 unspecified atom stereocenters. The van der Waals surface area contributed by atoms with Crippen LogP contribution in [-0.4, -0.2) is 32.3 Å². The van der Waals surface area contributed by atoms with Crippen LogP contribution in [0.4, 0.5) is 0 Å². The standard InChI is InChI=1S/C21H18N4O2/c26-21-18-10-16-8-4-5-9-19(16)27-20(18)14-24(21)12-17-13-25(23-22-17)11-15-6-2-1-3-7-15/h1-9,13H,10-12,14H2. The number of carbonyl (C=O) groups is 1. The van der Waals surface area contributed by atoms with Crippen molar-refractivity contribution in [3.8, 4) is 5.75 Å². The topological polar surface area (TPSA) is 60.2 Å². The Morgan fingerprint density at radius 2 is 1.81 bits per heavy atom. The molecule has 2 aliphatic heterocycles. The minimum atomic E-state index is 0.0251. The number of hydrogen-bond acceptors (Lipinski definition) is 4. The summed E-state index contributed by atoms with van der Waals surface area (Å²) in [7, 11) is 0.